The van der Waals surface area contributed by atoms with Crippen LogP contribution >= 0.6 is 0 Å². The highest BCUT2D eigenvalue weighted by molar-refractivity contribution is 5.58. The smallest absolute Gasteiger partial charge is 0.366 e. The Hall–Kier alpha value is -2.54. The minimum atomic E-state index is -3.53. The second-order valence-electron chi connectivity index (χ2n) is 4.84. The summed E-state index contributed by atoms with van der Waals surface area (Å²) in [6.45, 7) is 0. The second kappa shape index (κ2) is 5.69. The zero-order valence-electron chi connectivity index (χ0n) is 11.8. The second-order valence-corrected chi connectivity index (χ2v) is 4.84. The monoisotopic (exact) mass is 310 g/mol. The Morgan fingerprint density at radius 2 is 1.36 bits per heavy atom. The van der Waals surface area contributed by atoms with Gasteiger partial charge >= 0.3 is 6.11 Å². The van der Waals surface area contributed by atoms with Gasteiger partial charge in [-0.25, -0.2) is 0 Å². The normalized spacial score (nSPS) is 11.8. The molecule has 0 aliphatic rings. The van der Waals surface area contributed by atoms with Crippen LogP contribution in [0.4, 0.5) is 20.2 Å². The fourth-order valence-electron chi connectivity index (χ4n) is 2.20. The standard InChI is InChI=1S/C15H16F2N2O3/c1-22-15(16,17)14(8-2-4-12(20)10(18)6-8)9-3-5-13(21)11(19)7-9/h2-7,14,20-21H,18-19H2,1H3. The van der Waals surface area contributed by atoms with Crippen molar-refractivity contribution in [1.82, 2.24) is 0 Å². The largest absolute Gasteiger partial charge is 0.506 e. The molecular formula is C15H16F2N2O3. The van der Waals surface area contributed by atoms with Crippen LogP contribution in [0.2, 0.25) is 0 Å². The van der Waals surface area contributed by atoms with E-state index in [4.69, 9.17) is 11.5 Å². The van der Waals surface area contributed by atoms with Crippen LogP contribution in [0.15, 0.2) is 36.4 Å². The Labute approximate surface area is 125 Å². The molecule has 6 N–H and O–H groups in total. The van der Waals surface area contributed by atoms with Gasteiger partial charge in [-0.05, 0) is 35.4 Å². The van der Waals surface area contributed by atoms with E-state index in [2.05, 4.69) is 4.74 Å². The first-order chi connectivity index (χ1) is 10.3. The van der Waals surface area contributed by atoms with Gasteiger partial charge < -0.3 is 26.4 Å². The highest BCUT2D eigenvalue weighted by Gasteiger charge is 2.42. The molecule has 2 rings (SSSR count). The third kappa shape index (κ3) is 2.89. The summed E-state index contributed by atoms with van der Waals surface area (Å²) in [7, 11) is 0.889. The number of nitrogen functional groups attached to an aromatic ring is 2. The lowest BCUT2D eigenvalue weighted by atomic mass is 9.89. The molecule has 7 heteroatoms. The van der Waals surface area contributed by atoms with Gasteiger partial charge in [-0.3, -0.25) is 0 Å². The molecule has 0 aromatic heterocycles. The van der Waals surface area contributed by atoms with Crippen LogP contribution in [0.3, 0.4) is 0 Å². The van der Waals surface area contributed by atoms with Crippen LogP contribution in [0.5, 0.6) is 11.5 Å². The van der Waals surface area contributed by atoms with Gasteiger partial charge in [-0.15, -0.1) is 0 Å². The van der Waals surface area contributed by atoms with Crippen LogP contribution < -0.4 is 11.5 Å². The number of hydrogen-bond donors (Lipinski definition) is 4. The number of ether oxygens (including phenoxy) is 1. The van der Waals surface area contributed by atoms with E-state index in [9.17, 15) is 19.0 Å². The first-order valence-electron chi connectivity index (χ1n) is 6.36. The molecule has 0 radical (unpaired) electrons. The summed E-state index contributed by atoms with van der Waals surface area (Å²) in [6, 6.07) is 7.60. The molecule has 0 saturated carbocycles. The number of anilines is 2. The number of hydrogen-bond acceptors (Lipinski definition) is 5. The van der Waals surface area contributed by atoms with E-state index in [0.717, 1.165) is 7.11 Å². The maximum atomic E-state index is 14.2. The van der Waals surface area contributed by atoms with Crippen molar-refractivity contribution < 1.29 is 23.7 Å². The van der Waals surface area contributed by atoms with Gasteiger partial charge in [-0.1, -0.05) is 12.1 Å². The molecule has 0 aliphatic carbocycles. The molecule has 0 amide bonds. The van der Waals surface area contributed by atoms with Crippen molar-refractivity contribution >= 4 is 11.4 Å². The van der Waals surface area contributed by atoms with Crippen LogP contribution in [-0.2, 0) is 4.74 Å². The van der Waals surface area contributed by atoms with Gasteiger partial charge in [0.25, 0.3) is 0 Å². The summed E-state index contributed by atoms with van der Waals surface area (Å²) in [4.78, 5) is 0. The topological polar surface area (TPSA) is 102 Å². The lowest BCUT2D eigenvalue weighted by Gasteiger charge is -2.26. The maximum Gasteiger partial charge on any atom is 0.366 e. The Bertz CT molecular complexity index is 641. The maximum absolute atomic E-state index is 14.2. The Morgan fingerprint density at radius 1 is 0.955 bits per heavy atom. The van der Waals surface area contributed by atoms with E-state index in [-0.39, 0.29) is 34.0 Å². The molecule has 2 aromatic rings. The van der Waals surface area contributed by atoms with Crippen LogP contribution in [-0.4, -0.2) is 23.4 Å². The van der Waals surface area contributed by atoms with Crippen LogP contribution in [0.25, 0.3) is 0 Å². The van der Waals surface area contributed by atoms with E-state index in [0.29, 0.717) is 0 Å². The molecule has 0 bridgehead atoms. The Balaban J connectivity index is 2.60. The van der Waals surface area contributed by atoms with Crippen molar-refractivity contribution in [3.63, 3.8) is 0 Å². The zero-order chi connectivity index (χ0) is 16.5. The number of phenolic OH excluding ortho intramolecular Hbond substituents is 2. The summed E-state index contributed by atoms with van der Waals surface area (Å²) in [5.41, 5.74) is 11.4. The number of alkyl halides is 2. The number of nitrogens with two attached hydrogens (primary N) is 2. The van der Waals surface area contributed by atoms with E-state index in [1.807, 2.05) is 0 Å². The average molecular weight is 310 g/mol. The third-order valence-electron chi connectivity index (χ3n) is 3.38. The van der Waals surface area contributed by atoms with Gasteiger partial charge in [0, 0.05) is 7.11 Å². The summed E-state index contributed by atoms with van der Waals surface area (Å²) < 4.78 is 32.8. The first-order valence-corrected chi connectivity index (χ1v) is 6.36. The molecule has 2 aromatic carbocycles. The lowest BCUT2D eigenvalue weighted by molar-refractivity contribution is -0.230. The minimum Gasteiger partial charge on any atom is -0.506 e. The average Bonchev–Trinajstić information content (AvgIpc) is 2.46. The molecule has 0 spiro atoms. The van der Waals surface area contributed by atoms with Crippen molar-refractivity contribution in [3.8, 4) is 11.5 Å². The Kier molecular flexibility index (Phi) is 4.09. The first kappa shape index (κ1) is 15.8. The molecule has 0 heterocycles. The SMILES string of the molecule is COC(F)(F)C(c1ccc(O)c(N)c1)c1ccc(O)c(N)c1. The zero-order valence-corrected chi connectivity index (χ0v) is 11.8. The van der Waals surface area contributed by atoms with E-state index in [1.54, 1.807) is 0 Å². The summed E-state index contributed by atoms with van der Waals surface area (Å²) in [5, 5.41) is 18.9. The molecule has 118 valence electrons. The van der Waals surface area contributed by atoms with E-state index in [1.165, 1.54) is 36.4 Å². The number of rotatable bonds is 4. The molecule has 5 nitrogen and oxygen atoms in total. The quantitative estimate of drug-likeness (QED) is 0.513. The summed E-state index contributed by atoms with van der Waals surface area (Å²) in [5.74, 6) is -1.90. The highest BCUT2D eigenvalue weighted by atomic mass is 19.3. The number of methoxy groups -OCH3 is 1. The fourth-order valence-corrected chi connectivity index (χ4v) is 2.20. The van der Waals surface area contributed by atoms with Crippen molar-refractivity contribution in [3.05, 3.63) is 47.5 Å². The predicted molar refractivity (Wildman–Crippen MR) is 78.8 cm³/mol. The molecule has 0 fully saturated rings. The van der Waals surface area contributed by atoms with Crippen molar-refractivity contribution in [2.45, 2.75) is 12.0 Å². The van der Waals surface area contributed by atoms with Crippen LogP contribution in [0, 0.1) is 0 Å². The van der Waals surface area contributed by atoms with Crippen LogP contribution in [0.1, 0.15) is 17.0 Å². The number of aromatic hydroxyl groups is 2. The molecule has 0 aliphatic heterocycles. The van der Waals surface area contributed by atoms with Crippen molar-refractivity contribution in [2.24, 2.45) is 0 Å². The Morgan fingerprint density at radius 3 is 1.68 bits per heavy atom. The fraction of sp³-hybridized carbons (Fsp3) is 0.200. The highest BCUT2D eigenvalue weighted by Crippen LogP contribution is 2.42. The minimum absolute atomic E-state index is 0.0267. The molecular weight excluding hydrogens is 294 g/mol. The molecule has 0 saturated heterocycles. The molecule has 0 atom stereocenters. The van der Waals surface area contributed by atoms with E-state index < -0.39 is 12.0 Å². The van der Waals surface area contributed by atoms with Gasteiger partial charge in [-0.2, -0.15) is 8.78 Å². The van der Waals surface area contributed by atoms with Crippen molar-refractivity contribution in [1.29, 1.82) is 0 Å². The van der Waals surface area contributed by atoms with Crippen molar-refractivity contribution in [2.75, 3.05) is 18.6 Å². The summed E-state index contributed by atoms with van der Waals surface area (Å²) >= 11 is 0. The van der Waals surface area contributed by atoms with Gasteiger partial charge in [0.05, 0.1) is 11.4 Å². The third-order valence-corrected chi connectivity index (χ3v) is 3.38. The lowest BCUT2D eigenvalue weighted by Crippen LogP contribution is -2.29. The molecule has 0 unspecified atom stereocenters. The predicted octanol–water partition coefficient (Wildman–Crippen LogP) is 2.63. The van der Waals surface area contributed by atoms with Gasteiger partial charge in [0.15, 0.2) is 0 Å². The number of phenols is 2. The van der Waals surface area contributed by atoms with Gasteiger partial charge in [0.2, 0.25) is 0 Å². The number of halogens is 2. The number of benzene rings is 2. The molecule has 22 heavy (non-hydrogen) atoms. The van der Waals surface area contributed by atoms with E-state index >= 15 is 0 Å². The summed E-state index contributed by atoms with van der Waals surface area (Å²) in [6.07, 6.45) is -3.53. The van der Waals surface area contributed by atoms with Gasteiger partial charge in [0.1, 0.15) is 17.4 Å².